The van der Waals surface area contributed by atoms with Gasteiger partial charge in [-0.05, 0) is 62.7 Å². The zero-order valence-electron chi connectivity index (χ0n) is 27.7. The first-order valence-corrected chi connectivity index (χ1v) is 17.4. The highest BCUT2D eigenvalue weighted by Gasteiger charge is 2.33. The predicted molar refractivity (Wildman–Crippen MR) is 206 cm³/mol. The number of anilines is 1. The zero-order valence-corrected chi connectivity index (χ0v) is 27.7. The van der Waals surface area contributed by atoms with Crippen LogP contribution in [0.15, 0.2) is 164 Å². The zero-order chi connectivity index (χ0) is 33.9. The number of hydrogen-bond acceptors (Lipinski definition) is 5. The Morgan fingerprint density at radius 3 is 1.78 bits per heavy atom. The maximum Gasteiger partial charge on any atom is 0.163 e. The molecular formula is C46H33N5. The van der Waals surface area contributed by atoms with E-state index in [9.17, 15) is 0 Å². The summed E-state index contributed by atoms with van der Waals surface area (Å²) in [5.74, 6) is 2.20. The van der Waals surface area contributed by atoms with Crippen molar-refractivity contribution in [2.45, 2.75) is 18.0 Å². The van der Waals surface area contributed by atoms with Gasteiger partial charge in [0.1, 0.15) is 12.0 Å². The summed E-state index contributed by atoms with van der Waals surface area (Å²) in [7, 11) is 0. The molecule has 1 aliphatic heterocycles. The van der Waals surface area contributed by atoms with Crippen LogP contribution >= 0.6 is 0 Å². The quantitative estimate of drug-likeness (QED) is 0.193. The van der Waals surface area contributed by atoms with E-state index in [1.807, 2.05) is 36.4 Å². The van der Waals surface area contributed by atoms with Crippen LogP contribution in [0.3, 0.4) is 0 Å². The van der Waals surface area contributed by atoms with Crippen molar-refractivity contribution in [1.29, 1.82) is 0 Å². The fourth-order valence-electron chi connectivity index (χ4n) is 8.02. The number of benzene rings is 6. The van der Waals surface area contributed by atoms with Crippen LogP contribution in [0.1, 0.15) is 46.1 Å². The average molecular weight is 656 g/mol. The van der Waals surface area contributed by atoms with Crippen molar-refractivity contribution in [3.8, 4) is 56.2 Å². The smallest absolute Gasteiger partial charge is 0.163 e. The van der Waals surface area contributed by atoms with E-state index in [1.54, 1.807) is 0 Å². The molecule has 0 amide bonds. The highest BCUT2D eigenvalue weighted by atomic mass is 15.0. The number of nitrogens with one attached hydrogen (secondary N) is 1. The van der Waals surface area contributed by atoms with Gasteiger partial charge in [0.05, 0.1) is 5.92 Å². The number of nitrogens with zero attached hydrogens (tertiary/aromatic N) is 3. The summed E-state index contributed by atoms with van der Waals surface area (Å²) in [6.45, 7) is 0. The number of nitrogens with two attached hydrogens (primary N) is 1. The van der Waals surface area contributed by atoms with Gasteiger partial charge in [0, 0.05) is 33.9 Å². The van der Waals surface area contributed by atoms with Gasteiger partial charge in [0.2, 0.25) is 0 Å². The van der Waals surface area contributed by atoms with Gasteiger partial charge in [-0.25, -0.2) is 15.0 Å². The monoisotopic (exact) mass is 655 g/mol. The van der Waals surface area contributed by atoms with Crippen molar-refractivity contribution in [3.05, 3.63) is 192 Å². The molecule has 2 heterocycles. The van der Waals surface area contributed by atoms with Gasteiger partial charge in [-0.1, -0.05) is 146 Å². The van der Waals surface area contributed by atoms with Gasteiger partial charge in [0.15, 0.2) is 11.6 Å². The van der Waals surface area contributed by atoms with E-state index >= 15 is 0 Å². The van der Waals surface area contributed by atoms with E-state index in [0.29, 0.717) is 11.6 Å². The third kappa shape index (κ3) is 4.93. The standard InChI is InChI=1S/C46H33N5/c47-43-41-33(28-12-7-8-13-28)20-11-21-36(41)39-27-32(23-25-40(39)48-43)31-22-24-37-38(26-31)34-18-9-10-19-35(34)42(37)46-50-44(29-14-3-1-4-15-29)49-45(51-46)30-16-5-2-6-17-30/h1-28,42-43,48H,47H2. The molecule has 0 fully saturated rings. The lowest BCUT2D eigenvalue weighted by Crippen LogP contribution is -2.26. The molecule has 5 nitrogen and oxygen atoms in total. The van der Waals surface area contributed by atoms with Gasteiger partial charge < -0.3 is 11.1 Å². The van der Waals surface area contributed by atoms with Gasteiger partial charge in [-0.2, -0.15) is 0 Å². The molecule has 242 valence electrons. The Bertz CT molecular complexity index is 2470. The number of hydrogen-bond donors (Lipinski definition) is 2. The van der Waals surface area contributed by atoms with Crippen LogP contribution in [0, 0.1) is 0 Å². The first-order chi connectivity index (χ1) is 25.2. The normalized spacial score (nSPS) is 16.6. The summed E-state index contributed by atoms with van der Waals surface area (Å²) in [4.78, 5) is 15.3. The molecule has 2 aliphatic carbocycles. The summed E-state index contributed by atoms with van der Waals surface area (Å²) in [6, 6.07) is 49.1. The van der Waals surface area contributed by atoms with E-state index in [4.69, 9.17) is 20.7 Å². The minimum absolute atomic E-state index is 0.128. The first kappa shape index (κ1) is 29.5. The fourth-order valence-corrected chi connectivity index (χ4v) is 8.02. The number of fused-ring (bicyclic) bond motifs is 6. The Morgan fingerprint density at radius 2 is 1.06 bits per heavy atom. The van der Waals surface area contributed by atoms with Crippen LogP contribution in [-0.4, -0.2) is 15.0 Å². The number of rotatable bonds is 5. The summed E-state index contributed by atoms with van der Waals surface area (Å²) in [5.41, 5.74) is 21.6. The minimum atomic E-state index is -0.273. The molecular weight excluding hydrogens is 623 g/mol. The molecule has 6 aromatic carbocycles. The molecule has 0 saturated carbocycles. The van der Waals surface area contributed by atoms with E-state index < -0.39 is 0 Å². The average Bonchev–Trinajstić information content (AvgIpc) is 3.85. The van der Waals surface area contributed by atoms with E-state index in [0.717, 1.165) is 39.3 Å². The Hall–Kier alpha value is -6.43. The Balaban J connectivity index is 1.09. The second-order valence-corrected chi connectivity index (χ2v) is 13.4. The maximum absolute atomic E-state index is 6.76. The Labute approximate surface area is 296 Å². The molecule has 3 N–H and O–H groups in total. The van der Waals surface area contributed by atoms with E-state index in [1.165, 1.54) is 38.9 Å². The topological polar surface area (TPSA) is 76.7 Å². The molecule has 1 aromatic heterocycles. The molecule has 7 aromatic rings. The van der Waals surface area contributed by atoms with Crippen molar-refractivity contribution >= 4 is 5.69 Å². The van der Waals surface area contributed by atoms with E-state index in [-0.39, 0.29) is 18.0 Å². The van der Waals surface area contributed by atoms with Crippen molar-refractivity contribution in [3.63, 3.8) is 0 Å². The molecule has 5 heteroatoms. The largest absolute Gasteiger partial charge is 0.366 e. The lowest BCUT2D eigenvalue weighted by molar-refractivity contribution is 0.808. The van der Waals surface area contributed by atoms with Gasteiger partial charge in [-0.3, -0.25) is 0 Å². The van der Waals surface area contributed by atoms with Crippen LogP contribution in [0.5, 0.6) is 0 Å². The van der Waals surface area contributed by atoms with Crippen molar-refractivity contribution in [2.24, 2.45) is 5.73 Å². The van der Waals surface area contributed by atoms with Crippen LogP contribution in [0.2, 0.25) is 0 Å². The second kappa shape index (κ2) is 11.9. The molecule has 0 bridgehead atoms. The summed E-state index contributed by atoms with van der Waals surface area (Å²) in [5, 5.41) is 3.58. The van der Waals surface area contributed by atoms with Gasteiger partial charge in [-0.15, -0.1) is 0 Å². The third-order valence-corrected chi connectivity index (χ3v) is 10.4. The number of aromatic nitrogens is 3. The highest BCUT2D eigenvalue weighted by Crippen LogP contribution is 2.50. The minimum Gasteiger partial charge on any atom is -0.366 e. The second-order valence-electron chi connectivity index (χ2n) is 13.4. The van der Waals surface area contributed by atoms with E-state index in [2.05, 4.69) is 133 Å². The van der Waals surface area contributed by atoms with Crippen LogP contribution in [-0.2, 0) is 0 Å². The van der Waals surface area contributed by atoms with Crippen molar-refractivity contribution in [1.82, 2.24) is 15.0 Å². The molecule has 51 heavy (non-hydrogen) atoms. The van der Waals surface area contributed by atoms with Crippen LogP contribution in [0.4, 0.5) is 5.69 Å². The molecule has 0 spiro atoms. The first-order valence-electron chi connectivity index (χ1n) is 17.4. The fraction of sp³-hybridized carbons (Fsp3) is 0.0652. The van der Waals surface area contributed by atoms with Crippen molar-refractivity contribution < 1.29 is 0 Å². The summed E-state index contributed by atoms with van der Waals surface area (Å²) < 4.78 is 0. The molecule has 0 saturated heterocycles. The molecule has 10 rings (SSSR count). The summed E-state index contributed by atoms with van der Waals surface area (Å²) in [6.07, 6.45) is 8.41. The molecule has 2 unspecified atom stereocenters. The lowest BCUT2D eigenvalue weighted by Gasteiger charge is -2.30. The van der Waals surface area contributed by atoms with Crippen LogP contribution < -0.4 is 11.1 Å². The maximum atomic E-state index is 6.76. The Kier molecular flexibility index (Phi) is 6.86. The Morgan fingerprint density at radius 1 is 0.471 bits per heavy atom. The van der Waals surface area contributed by atoms with Crippen molar-refractivity contribution in [2.75, 3.05) is 5.32 Å². The molecule has 0 radical (unpaired) electrons. The number of allylic oxidation sites excluding steroid dienone is 4. The predicted octanol–water partition coefficient (Wildman–Crippen LogP) is 10.3. The lowest BCUT2D eigenvalue weighted by atomic mass is 9.84. The summed E-state index contributed by atoms with van der Waals surface area (Å²) >= 11 is 0. The molecule has 2 atom stereocenters. The van der Waals surface area contributed by atoms with Gasteiger partial charge >= 0.3 is 0 Å². The highest BCUT2D eigenvalue weighted by molar-refractivity contribution is 5.90. The third-order valence-electron chi connectivity index (χ3n) is 10.4. The molecule has 3 aliphatic rings. The van der Waals surface area contributed by atoms with Gasteiger partial charge in [0.25, 0.3) is 0 Å². The van der Waals surface area contributed by atoms with Crippen LogP contribution in [0.25, 0.3) is 56.2 Å². The SMILES string of the molecule is NC1Nc2ccc(-c3ccc4c(c3)-c3ccccc3C4c3nc(-c4ccccc4)nc(-c4ccccc4)n3)cc2-c2cccc(C3C=CC=C3)c21.